The lowest BCUT2D eigenvalue weighted by atomic mass is 9.98. The second kappa shape index (κ2) is 6.75. The van der Waals surface area contributed by atoms with E-state index in [2.05, 4.69) is 48.3 Å². The average Bonchev–Trinajstić information content (AvgIpc) is 2.91. The number of aromatic nitrogens is 1. The third kappa shape index (κ3) is 3.74. The topological polar surface area (TPSA) is 28.2 Å². The van der Waals surface area contributed by atoms with Gasteiger partial charge in [-0.25, -0.2) is 4.98 Å². The number of para-hydroxylation sites is 1. The Hall–Kier alpha value is -1.13. The summed E-state index contributed by atoms with van der Waals surface area (Å²) in [5.74, 6) is 1.48. The number of nitrogens with one attached hydrogen (secondary N) is 1. The Morgan fingerprint density at radius 1 is 1.38 bits per heavy atom. The predicted molar refractivity (Wildman–Crippen MR) is 92.3 cm³/mol. The van der Waals surface area contributed by atoms with Crippen LogP contribution in [0, 0.1) is 11.8 Å². The first-order valence-electron chi connectivity index (χ1n) is 8.03. The van der Waals surface area contributed by atoms with E-state index in [9.17, 15) is 0 Å². The highest BCUT2D eigenvalue weighted by Crippen LogP contribution is 2.31. The lowest BCUT2D eigenvalue weighted by Gasteiger charge is -2.32. The number of piperidine rings is 1. The van der Waals surface area contributed by atoms with Crippen LogP contribution in [0.2, 0.25) is 0 Å². The molecule has 2 aromatic rings. The molecule has 1 aromatic heterocycles. The highest BCUT2D eigenvalue weighted by molar-refractivity contribution is 7.22. The van der Waals surface area contributed by atoms with Crippen molar-refractivity contribution in [1.29, 1.82) is 0 Å². The van der Waals surface area contributed by atoms with Gasteiger partial charge in [-0.2, -0.15) is 0 Å². The molecule has 114 valence electrons. The van der Waals surface area contributed by atoms with E-state index in [1.165, 1.54) is 22.7 Å². The first-order chi connectivity index (χ1) is 10.2. The summed E-state index contributed by atoms with van der Waals surface area (Å²) in [7, 11) is 0. The van der Waals surface area contributed by atoms with Crippen LogP contribution in [0.3, 0.4) is 0 Å². The van der Waals surface area contributed by atoms with Crippen LogP contribution in [0.1, 0.15) is 26.7 Å². The van der Waals surface area contributed by atoms with E-state index in [0.717, 1.165) is 43.5 Å². The van der Waals surface area contributed by atoms with E-state index in [0.29, 0.717) is 0 Å². The predicted octanol–water partition coefficient (Wildman–Crippen LogP) is 3.76. The third-order valence-electron chi connectivity index (χ3n) is 4.06. The van der Waals surface area contributed by atoms with Gasteiger partial charge < -0.3 is 10.2 Å². The number of benzene rings is 1. The number of rotatable bonds is 5. The Morgan fingerprint density at radius 2 is 2.24 bits per heavy atom. The largest absolute Gasteiger partial charge is 0.348 e. The standard InChI is InChI=1S/C17H25N3S/c1-13(2)10-18-11-14-6-5-9-20(12-14)17-19-15-7-3-4-8-16(15)21-17/h3-4,7-8,13-14,18H,5-6,9-12H2,1-2H3. The molecule has 1 aromatic carbocycles. The van der Waals surface area contributed by atoms with Crippen LogP contribution in [-0.4, -0.2) is 31.2 Å². The van der Waals surface area contributed by atoms with Crippen molar-refractivity contribution in [2.75, 3.05) is 31.1 Å². The summed E-state index contributed by atoms with van der Waals surface area (Å²) in [4.78, 5) is 7.29. The molecule has 1 fully saturated rings. The first-order valence-corrected chi connectivity index (χ1v) is 8.85. The van der Waals surface area contributed by atoms with Gasteiger partial charge in [0.05, 0.1) is 10.2 Å². The molecule has 1 aliphatic heterocycles. The second-order valence-corrected chi connectivity index (χ2v) is 7.48. The Morgan fingerprint density at radius 3 is 3.05 bits per heavy atom. The van der Waals surface area contributed by atoms with E-state index in [1.807, 2.05) is 11.3 Å². The van der Waals surface area contributed by atoms with Crippen LogP contribution in [0.25, 0.3) is 10.2 Å². The van der Waals surface area contributed by atoms with Gasteiger partial charge in [0.15, 0.2) is 5.13 Å². The van der Waals surface area contributed by atoms with Crippen LogP contribution in [-0.2, 0) is 0 Å². The molecule has 1 N–H and O–H groups in total. The van der Waals surface area contributed by atoms with Crippen molar-refractivity contribution >= 4 is 26.7 Å². The SMILES string of the molecule is CC(C)CNCC1CCCN(c2nc3ccccc3s2)C1. The zero-order valence-electron chi connectivity index (χ0n) is 13.0. The molecule has 0 amide bonds. The fraction of sp³-hybridized carbons (Fsp3) is 0.588. The lowest BCUT2D eigenvalue weighted by Crippen LogP contribution is -2.40. The lowest BCUT2D eigenvalue weighted by molar-refractivity contribution is 0.382. The van der Waals surface area contributed by atoms with Gasteiger partial charge in [0.2, 0.25) is 0 Å². The van der Waals surface area contributed by atoms with Crippen LogP contribution in [0.4, 0.5) is 5.13 Å². The smallest absolute Gasteiger partial charge is 0.186 e. The molecule has 21 heavy (non-hydrogen) atoms. The highest BCUT2D eigenvalue weighted by Gasteiger charge is 2.22. The Labute approximate surface area is 131 Å². The average molecular weight is 303 g/mol. The van der Waals surface area contributed by atoms with Crippen molar-refractivity contribution in [1.82, 2.24) is 10.3 Å². The molecule has 0 bridgehead atoms. The minimum Gasteiger partial charge on any atom is -0.348 e. The van der Waals surface area contributed by atoms with Gasteiger partial charge in [0.1, 0.15) is 0 Å². The van der Waals surface area contributed by atoms with Gasteiger partial charge in [-0.05, 0) is 49.9 Å². The van der Waals surface area contributed by atoms with E-state index >= 15 is 0 Å². The molecule has 0 saturated carbocycles. The Balaban J connectivity index is 1.62. The maximum absolute atomic E-state index is 4.80. The minimum atomic E-state index is 0.731. The number of nitrogens with zero attached hydrogens (tertiary/aromatic N) is 2. The number of fused-ring (bicyclic) bond motifs is 1. The molecule has 2 heterocycles. The molecule has 1 aliphatic rings. The monoisotopic (exact) mass is 303 g/mol. The van der Waals surface area contributed by atoms with Crippen LogP contribution in [0.15, 0.2) is 24.3 Å². The van der Waals surface area contributed by atoms with Gasteiger partial charge in [-0.3, -0.25) is 0 Å². The number of thiazole rings is 1. The molecule has 0 spiro atoms. The van der Waals surface area contributed by atoms with Gasteiger partial charge in [-0.15, -0.1) is 0 Å². The molecule has 1 saturated heterocycles. The Kier molecular flexibility index (Phi) is 4.76. The quantitative estimate of drug-likeness (QED) is 0.911. The normalized spacial score (nSPS) is 19.6. The fourth-order valence-corrected chi connectivity index (χ4v) is 3.98. The van der Waals surface area contributed by atoms with E-state index in [1.54, 1.807) is 0 Å². The summed E-state index contributed by atoms with van der Waals surface area (Å²) < 4.78 is 1.30. The van der Waals surface area contributed by atoms with Crippen molar-refractivity contribution in [3.63, 3.8) is 0 Å². The Bertz CT molecular complexity index is 545. The molecule has 3 rings (SSSR count). The second-order valence-electron chi connectivity index (χ2n) is 6.47. The summed E-state index contributed by atoms with van der Waals surface area (Å²) in [6.45, 7) is 9.09. The van der Waals surface area contributed by atoms with Gasteiger partial charge >= 0.3 is 0 Å². The third-order valence-corrected chi connectivity index (χ3v) is 5.15. The van der Waals surface area contributed by atoms with Gasteiger partial charge in [-0.1, -0.05) is 37.3 Å². The van der Waals surface area contributed by atoms with Crippen LogP contribution < -0.4 is 10.2 Å². The van der Waals surface area contributed by atoms with Crippen LogP contribution >= 0.6 is 11.3 Å². The van der Waals surface area contributed by atoms with Crippen molar-refractivity contribution in [2.45, 2.75) is 26.7 Å². The summed E-state index contributed by atoms with van der Waals surface area (Å²) >= 11 is 1.83. The van der Waals surface area contributed by atoms with Crippen molar-refractivity contribution < 1.29 is 0 Å². The molecule has 1 unspecified atom stereocenters. The van der Waals surface area contributed by atoms with Crippen molar-refractivity contribution in [3.8, 4) is 0 Å². The summed E-state index contributed by atoms with van der Waals surface area (Å²) in [6, 6.07) is 8.45. The molecule has 0 aliphatic carbocycles. The van der Waals surface area contributed by atoms with E-state index in [-0.39, 0.29) is 0 Å². The summed E-state index contributed by atoms with van der Waals surface area (Å²) in [5.41, 5.74) is 1.14. The van der Waals surface area contributed by atoms with Gasteiger partial charge in [0, 0.05) is 13.1 Å². The molecule has 4 heteroatoms. The van der Waals surface area contributed by atoms with E-state index < -0.39 is 0 Å². The zero-order valence-corrected chi connectivity index (χ0v) is 13.8. The zero-order chi connectivity index (χ0) is 14.7. The molecule has 1 atom stereocenters. The minimum absolute atomic E-state index is 0.731. The van der Waals surface area contributed by atoms with Gasteiger partial charge in [0.25, 0.3) is 0 Å². The summed E-state index contributed by atoms with van der Waals surface area (Å²) in [5, 5.41) is 4.81. The maximum Gasteiger partial charge on any atom is 0.186 e. The van der Waals surface area contributed by atoms with Crippen molar-refractivity contribution in [2.24, 2.45) is 11.8 Å². The molecular weight excluding hydrogens is 278 g/mol. The number of hydrogen-bond donors (Lipinski definition) is 1. The maximum atomic E-state index is 4.80. The van der Waals surface area contributed by atoms with Crippen molar-refractivity contribution in [3.05, 3.63) is 24.3 Å². The summed E-state index contributed by atoms with van der Waals surface area (Å²) in [6.07, 6.45) is 2.62. The highest BCUT2D eigenvalue weighted by atomic mass is 32.1. The first kappa shape index (κ1) is 14.8. The number of anilines is 1. The molecule has 3 nitrogen and oxygen atoms in total. The fourth-order valence-electron chi connectivity index (χ4n) is 2.98. The number of hydrogen-bond acceptors (Lipinski definition) is 4. The molecular formula is C17H25N3S. The van der Waals surface area contributed by atoms with Crippen LogP contribution in [0.5, 0.6) is 0 Å². The molecule has 0 radical (unpaired) electrons. The van der Waals surface area contributed by atoms with E-state index in [4.69, 9.17) is 4.98 Å².